The fourth-order valence-corrected chi connectivity index (χ4v) is 6.24. The lowest BCUT2D eigenvalue weighted by molar-refractivity contribution is 0.670. The van der Waals surface area contributed by atoms with Crippen LogP contribution in [0, 0.1) is 0 Å². The van der Waals surface area contributed by atoms with Gasteiger partial charge in [0.25, 0.3) is 0 Å². The Labute approximate surface area is 266 Å². The molecule has 0 saturated carbocycles. The topological polar surface area (TPSA) is 13.1 Å². The van der Waals surface area contributed by atoms with E-state index in [1.807, 2.05) is 72.8 Å². The minimum Gasteiger partial charge on any atom is -0.455 e. The summed E-state index contributed by atoms with van der Waals surface area (Å²) in [7, 11) is 0. The van der Waals surface area contributed by atoms with Crippen LogP contribution in [0.3, 0.4) is 0 Å². The first kappa shape index (κ1) is 15.0. The third-order valence-electron chi connectivity index (χ3n) is 8.05. The summed E-state index contributed by atoms with van der Waals surface area (Å²) in [6.07, 6.45) is 0. The summed E-state index contributed by atoms with van der Waals surface area (Å²) >= 11 is 0. The standard InChI is InChI=1S/C42H26O/c1-2-12-28(13-3-1)31-21-11-23-37-38-26-29(24-25-39(38)43-42(31)37)40-33-17-6-8-19-35(33)41(36-20-9-7-18-34(36)40)32-22-10-15-27-14-4-5-16-30(27)32/h1-26H/i1D,2D,3D,4D,5D,10D,12D,13D,14D,15D,16D,22D. The fraction of sp³-hybridized carbons (Fsp3) is 0. The third kappa shape index (κ3) is 3.65. The van der Waals surface area contributed by atoms with Gasteiger partial charge >= 0.3 is 0 Å². The third-order valence-corrected chi connectivity index (χ3v) is 8.05. The van der Waals surface area contributed by atoms with Crippen LogP contribution in [0.15, 0.2) is 162 Å². The van der Waals surface area contributed by atoms with Crippen molar-refractivity contribution in [3.63, 3.8) is 0 Å². The van der Waals surface area contributed by atoms with Crippen LogP contribution in [0.4, 0.5) is 0 Å². The van der Waals surface area contributed by atoms with E-state index in [1.165, 1.54) is 0 Å². The highest BCUT2D eigenvalue weighted by Crippen LogP contribution is 2.46. The Morgan fingerprint density at radius 3 is 1.84 bits per heavy atom. The minimum atomic E-state index is -0.512. The Kier molecular flexibility index (Phi) is 3.29. The van der Waals surface area contributed by atoms with E-state index in [1.54, 1.807) is 12.1 Å². The summed E-state index contributed by atoms with van der Waals surface area (Å²) in [4.78, 5) is 0. The molecule has 1 aromatic heterocycles. The van der Waals surface area contributed by atoms with Crippen LogP contribution < -0.4 is 0 Å². The van der Waals surface area contributed by atoms with Crippen molar-refractivity contribution in [3.05, 3.63) is 157 Å². The lowest BCUT2D eigenvalue weighted by atomic mass is 9.84. The summed E-state index contributed by atoms with van der Waals surface area (Å²) in [5.74, 6) is 0. The van der Waals surface area contributed by atoms with Gasteiger partial charge < -0.3 is 4.42 Å². The molecule has 43 heavy (non-hydrogen) atoms. The molecule has 0 aliphatic carbocycles. The van der Waals surface area contributed by atoms with E-state index in [9.17, 15) is 1.37 Å². The van der Waals surface area contributed by atoms with Crippen LogP contribution in [0.25, 0.3) is 87.6 Å². The quantitative estimate of drug-likeness (QED) is 0.197. The van der Waals surface area contributed by atoms with Crippen molar-refractivity contribution in [2.45, 2.75) is 0 Å². The Balaban J connectivity index is 1.37. The van der Waals surface area contributed by atoms with Gasteiger partial charge in [0, 0.05) is 16.3 Å². The van der Waals surface area contributed by atoms with Gasteiger partial charge in [-0.25, -0.2) is 0 Å². The second-order valence-electron chi connectivity index (χ2n) is 10.3. The molecular formula is C42H26O. The van der Waals surface area contributed by atoms with E-state index in [2.05, 4.69) is 0 Å². The second kappa shape index (κ2) is 9.44. The van der Waals surface area contributed by atoms with E-state index in [0.717, 1.165) is 27.3 Å². The van der Waals surface area contributed by atoms with Gasteiger partial charge in [0.15, 0.2) is 0 Å². The van der Waals surface area contributed by atoms with Crippen molar-refractivity contribution in [2.75, 3.05) is 0 Å². The molecule has 0 spiro atoms. The Bertz CT molecular complexity index is 3090. The highest BCUT2D eigenvalue weighted by Gasteiger charge is 2.19. The summed E-state index contributed by atoms with van der Waals surface area (Å²) in [5.41, 5.74) is 3.64. The van der Waals surface area contributed by atoms with E-state index >= 15 is 0 Å². The SMILES string of the molecule is [2H]c1c([2H])c([2H])c(-c2cccc3c2oc2ccc(-c4c5ccccc5c(-c5c([2H])c([2H])c([2H])c6c([2H])c([2H])c([2H])c([2H])c56)c5ccccc45)cc23)c([2H])c1[2H]. The van der Waals surface area contributed by atoms with Gasteiger partial charge in [0.1, 0.15) is 11.2 Å². The van der Waals surface area contributed by atoms with Crippen LogP contribution >= 0.6 is 0 Å². The van der Waals surface area contributed by atoms with Crippen molar-refractivity contribution < 1.29 is 20.9 Å². The molecule has 0 atom stereocenters. The molecule has 0 radical (unpaired) electrons. The van der Waals surface area contributed by atoms with E-state index in [4.69, 9.17) is 19.5 Å². The molecule has 1 nitrogen and oxygen atoms in total. The fourth-order valence-electron chi connectivity index (χ4n) is 6.24. The van der Waals surface area contributed by atoms with Crippen molar-refractivity contribution in [3.8, 4) is 33.4 Å². The van der Waals surface area contributed by atoms with Crippen LogP contribution in [0.5, 0.6) is 0 Å². The first-order valence-corrected chi connectivity index (χ1v) is 13.8. The molecule has 9 aromatic rings. The van der Waals surface area contributed by atoms with Gasteiger partial charge in [0.2, 0.25) is 0 Å². The number of furan rings is 1. The Morgan fingerprint density at radius 2 is 1.07 bits per heavy atom. The number of fused-ring (bicyclic) bond motifs is 6. The lowest BCUT2D eigenvalue weighted by Gasteiger charge is -2.18. The van der Waals surface area contributed by atoms with Gasteiger partial charge in [0.05, 0.1) is 16.4 Å². The van der Waals surface area contributed by atoms with E-state index in [0.29, 0.717) is 38.5 Å². The van der Waals surface area contributed by atoms with Gasteiger partial charge in [-0.3, -0.25) is 0 Å². The van der Waals surface area contributed by atoms with Crippen molar-refractivity contribution in [1.82, 2.24) is 0 Å². The zero-order valence-electron chi connectivity index (χ0n) is 34.5. The van der Waals surface area contributed by atoms with Crippen LogP contribution in [-0.4, -0.2) is 0 Å². The average molecular weight is 559 g/mol. The molecule has 8 aromatic carbocycles. The highest BCUT2D eigenvalue weighted by atomic mass is 16.3. The maximum Gasteiger partial charge on any atom is 0.143 e. The van der Waals surface area contributed by atoms with Gasteiger partial charge in [-0.05, 0) is 72.3 Å². The number of rotatable bonds is 3. The second-order valence-corrected chi connectivity index (χ2v) is 10.3. The van der Waals surface area contributed by atoms with Gasteiger partial charge in [-0.15, -0.1) is 0 Å². The summed E-state index contributed by atoms with van der Waals surface area (Å²) in [5, 5.41) is 4.23. The molecule has 0 unspecified atom stereocenters. The highest BCUT2D eigenvalue weighted by molar-refractivity contribution is 6.24. The van der Waals surface area contributed by atoms with Crippen LogP contribution in [0.2, 0.25) is 0 Å². The maximum absolute atomic E-state index is 9.18. The number of benzene rings is 8. The average Bonchev–Trinajstić information content (AvgIpc) is 3.58. The maximum atomic E-state index is 9.18. The molecule has 0 fully saturated rings. The van der Waals surface area contributed by atoms with Gasteiger partial charge in [-0.1, -0.05) is 145 Å². The monoisotopic (exact) mass is 558 g/mol. The Morgan fingerprint density at radius 1 is 0.419 bits per heavy atom. The van der Waals surface area contributed by atoms with E-state index in [-0.39, 0.29) is 46.1 Å². The zero-order chi connectivity index (χ0) is 38.8. The van der Waals surface area contributed by atoms with Gasteiger partial charge in [-0.2, -0.15) is 0 Å². The summed E-state index contributed by atoms with van der Waals surface area (Å²) in [6.45, 7) is 0. The molecule has 0 aliphatic rings. The Hall–Kier alpha value is -5.66. The molecule has 0 aliphatic heterocycles. The molecule has 0 saturated heterocycles. The lowest BCUT2D eigenvalue weighted by Crippen LogP contribution is -1.91. The normalized spacial score (nSPS) is 15.6. The van der Waals surface area contributed by atoms with Crippen molar-refractivity contribution >= 4 is 54.3 Å². The number of hydrogen-bond acceptors (Lipinski definition) is 1. The largest absolute Gasteiger partial charge is 0.455 e. The minimum absolute atomic E-state index is 0.0151. The molecule has 1 heterocycles. The molecule has 0 bridgehead atoms. The molecule has 200 valence electrons. The zero-order valence-corrected chi connectivity index (χ0v) is 22.5. The number of hydrogen-bond donors (Lipinski definition) is 0. The smallest absolute Gasteiger partial charge is 0.143 e. The van der Waals surface area contributed by atoms with Crippen molar-refractivity contribution in [2.24, 2.45) is 0 Å². The summed E-state index contributed by atoms with van der Waals surface area (Å²) in [6, 6.07) is 21.1. The molecular weight excluding hydrogens is 520 g/mol. The van der Waals surface area contributed by atoms with Crippen molar-refractivity contribution in [1.29, 1.82) is 0 Å². The van der Waals surface area contributed by atoms with Crippen LogP contribution in [0.1, 0.15) is 16.4 Å². The first-order valence-electron chi connectivity index (χ1n) is 19.8. The predicted octanol–water partition coefficient (Wildman–Crippen LogP) is 12.0. The molecule has 9 rings (SSSR count). The van der Waals surface area contributed by atoms with Crippen LogP contribution in [-0.2, 0) is 0 Å². The first-order chi connectivity index (χ1) is 26.3. The molecule has 0 N–H and O–H groups in total. The summed E-state index contributed by atoms with van der Waals surface area (Å²) < 4.78 is 109. The molecule has 0 amide bonds. The molecule has 1 heteroatoms. The predicted molar refractivity (Wildman–Crippen MR) is 183 cm³/mol. The van der Waals surface area contributed by atoms with E-state index < -0.39 is 48.3 Å². The number of para-hydroxylation sites is 1.